The molecule has 6 nitrogen and oxygen atoms in total. The number of aromatic amines is 1. The maximum Gasteiger partial charge on any atom is 0.341 e. The second-order valence-corrected chi connectivity index (χ2v) is 9.20. The molecule has 31 heavy (non-hydrogen) atoms. The molecular weight excluding hydrogens is 428 g/mol. The Labute approximate surface area is 179 Å². The molecule has 3 aromatic rings. The predicted octanol–water partition coefficient (Wildman–Crippen LogP) is 4.46. The van der Waals surface area contributed by atoms with Gasteiger partial charge in [0.2, 0.25) is 5.43 Å². The lowest BCUT2D eigenvalue weighted by Crippen LogP contribution is -2.30. The second kappa shape index (κ2) is 6.86. The first-order valence-corrected chi connectivity index (χ1v) is 10.7. The number of hydrogen-bond donors (Lipinski definition) is 3. The molecule has 0 radical (unpaired) electrons. The third kappa shape index (κ3) is 3.06. The van der Waals surface area contributed by atoms with Crippen LogP contribution < -0.4 is 10.2 Å². The highest BCUT2D eigenvalue weighted by Crippen LogP contribution is 2.53. The van der Waals surface area contributed by atoms with Gasteiger partial charge in [-0.2, -0.15) is 0 Å². The Bertz CT molecular complexity index is 1290. The molecule has 2 aromatic heterocycles. The van der Waals surface area contributed by atoms with Crippen LogP contribution in [-0.4, -0.2) is 34.2 Å². The van der Waals surface area contributed by atoms with Crippen LogP contribution in [0.1, 0.15) is 57.6 Å². The minimum absolute atomic E-state index is 0.173. The number of aromatic carboxylic acids is 1. The van der Waals surface area contributed by atoms with Crippen molar-refractivity contribution in [1.82, 2.24) is 4.98 Å². The van der Waals surface area contributed by atoms with Crippen molar-refractivity contribution >= 4 is 28.2 Å². The zero-order valence-electron chi connectivity index (χ0n) is 16.5. The number of aliphatic hydroxyl groups is 1. The van der Waals surface area contributed by atoms with Crippen LogP contribution in [0.3, 0.4) is 0 Å². The Morgan fingerprint density at radius 3 is 2.68 bits per heavy atom. The van der Waals surface area contributed by atoms with Crippen molar-refractivity contribution in [1.29, 1.82) is 0 Å². The quantitative estimate of drug-likeness (QED) is 0.549. The van der Waals surface area contributed by atoms with Crippen molar-refractivity contribution in [2.45, 2.75) is 43.6 Å². The number of ether oxygens (including phenoxy) is 1. The molecule has 3 N–H and O–H groups in total. The molecule has 0 spiro atoms. The van der Waals surface area contributed by atoms with Crippen molar-refractivity contribution < 1.29 is 28.5 Å². The fourth-order valence-electron chi connectivity index (χ4n) is 4.33. The molecule has 2 heterocycles. The van der Waals surface area contributed by atoms with Gasteiger partial charge in [-0.1, -0.05) is 0 Å². The number of H-pyrrole nitrogens is 1. The van der Waals surface area contributed by atoms with Gasteiger partial charge in [0.05, 0.1) is 18.0 Å². The van der Waals surface area contributed by atoms with Gasteiger partial charge in [-0.15, -0.1) is 11.3 Å². The largest absolute Gasteiger partial charge is 0.494 e. The average Bonchev–Trinajstić information content (AvgIpc) is 3.48. The van der Waals surface area contributed by atoms with Crippen LogP contribution in [0.15, 0.2) is 23.1 Å². The fraction of sp³-hybridized carbons (Fsp3) is 0.364. The van der Waals surface area contributed by atoms with Gasteiger partial charge in [0, 0.05) is 33.5 Å². The topological polar surface area (TPSA) is 99.6 Å². The summed E-state index contributed by atoms with van der Waals surface area (Å²) in [5.74, 6) is -3.95. The van der Waals surface area contributed by atoms with E-state index in [0.29, 0.717) is 26.6 Å². The Morgan fingerprint density at radius 1 is 1.29 bits per heavy atom. The summed E-state index contributed by atoms with van der Waals surface area (Å²) in [5, 5.41) is 19.7. The van der Waals surface area contributed by atoms with Gasteiger partial charge < -0.3 is 19.9 Å². The molecule has 0 saturated heterocycles. The van der Waals surface area contributed by atoms with Crippen LogP contribution in [0.4, 0.5) is 8.78 Å². The zero-order valence-corrected chi connectivity index (χ0v) is 17.3. The van der Waals surface area contributed by atoms with Crippen LogP contribution in [-0.2, 0) is 6.42 Å². The van der Waals surface area contributed by atoms with Crippen molar-refractivity contribution in [2.75, 3.05) is 7.11 Å². The standard InChI is InChI=1S/C22H19F2NO5S/c1-30-19-16(15-7-11-14(31-15)4-5-22(23,24)20(11)27)10(9-2-3-9)6-12-17(19)25-8-13(18(12)26)21(28)29/h6-9,20,27H,2-5H2,1H3,(H,25,26)(H,28,29). The SMILES string of the molecule is COc1c(-c2cc3c(s2)CCC(F)(F)C3O)c(C2CC2)cc2c(=O)c(C(=O)O)c[nH]c12. The van der Waals surface area contributed by atoms with Crippen LogP contribution >= 0.6 is 11.3 Å². The maximum atomic E-state index is 14.0. The Kier molecular flexibility index (Phi) is 4.46. The molecule has 1 fully saturated rings. The van der Waals surface area contributed by atoms with E-state index >= 15 is 0 Å². The van der Waals surface area contributed by atoms with Gasteiger partial charge >= 0.3 is 5.97 Å². The van der Waals surface area contributed by atoms with E-state index in [-0.39, 0.29) is 28.9 Å². The summed E-state index contributed by atoms with van der Waals surface area (Å²) >= 11 is 1.34. The van der Waals surface area contributed by atoms with Crippen molar-refractivity contribution in [3.05, 3.63) is 50.1 Å². The van der Waals surface area contributed by atoms with Gasteiger partial charge in [0.15, 0.2) is 5.75 Å². The van der Waals surface area contributed by atoms with E-state index < -0.39 is 29.8 Å². The van der Waals surface area contributed by atoms with Gasteiger partial charge in [-0.25, -0.2) is 13.6 Å². The number of carboxylic acid groups (broad SMARTS) is 1. The highest BCUT2D eigenvalue weighted by Gasteiger charge is 2.44. The number of aryl methyl sites for hydroxylation is 1. The number of nitrogens with one attached hydrogen (secondary N) is 1. The van der Waals surface area contributed by atoms with Crippen LogP contribution in [0.5, 0.6) is 5.75 Å². The maximum absolute atomic E-state index is 14.0. The fourth-order valence-corrected chi connectivity index (χ4v) is 5.58. The van der Waals surface area contributed by atoms with Gasteiger partial charge in [0.25, 0.3) is 5.92 Å². The summed E-state index contributed by atoms with van der Waals surface area (Å²) in [4.78, 5) is 28.5. The minimum atomic E-state index is -3.17. The Morgan fingerprint density at radius 2 is 2.03 bits per heavy atom. The number of aliphatic hydroxyl groups excluding tert-OH is 1. The van der Waals surface area contributed by atoms with Gasteiger partial charge in [-0.3, -0.25) is 4.79 Å². The van der Waals surface area contributed by atoms with Gasteiger partial charge in [0.1, 0.15) is 11.7 Å². The highest BCUT2D eigenvalue weighted by molar-refractivity contribution is 7.15. The molecule has 9 heteroatoms. The molecule has 5 rings (SSSR count). The molecule has 2 aliphatic carbocycles. The minimum Gasteiger partial charge on any atom is -0.494 e. The van der Waals surface area contributed by atoms with Crippen molar-refractivity contribution in [3.8, 4) is 16.2 Å². The third-order valence-electron chi connectivity index (χ3n) is 6.08. The molecule has 1 unspecified atom stereocenters. The van der Waals surface area contributed by atoms with Crippen molar-refractivity contribution in [2.24, 2.45) is 0 Å². The normalized spacial score (nSPS) is 19.9. The van der Waals surface area contributed by atoms with Crippen LogP contribution in [0, 0.1) is 0 Å². The Balaban J connectivity index is 1.78. The van der Waals surface area contributed by atoms with Crippen LogP contribution in [0.25, 0.3) is 21.3 Å². The molecule has 2 aliphatic rings. The summed E-state index contributed by atoms with van der Waals surface area (Å²) in [6.07, 6.45) is 0.872. The zero-order chi connectivity index (χ0) is 22.1. The molecule has 0 aliphatic heterocycles. The smallest absolute Gasteiger partial charge is 0.341 e. The van der Waals surface area contributed by atoms with Gasteiger partial charge in [-0.05, 0) is 42.9 Å². The highest BCUT2D eigenvalue weighted by atomic mass is 32.1. The number of pyridine rings is 1. The van der Waals surface area contributed by atoms with Crippen LogP contribution in [0.2, 0.25) is 0 Å². The lowest BCUT2D eigenvalue weighted by atomic mass is 9.91. The number of rotatable bonds is 4. The number of fused-ring (bicyclic) bond motifs is 2. The number of carbonyl (C=O) groups is 1. The summed E-state index contributed by atoms with van der Waals surface area (Å²) in [6.45, 7) is 0. The molecular formula is C22H19F2NO5S. The van der Waals surface area contributed by atoms with E-state index in [2.05, 4.69) is 4.98 Å². The third-order valence-corrected chi connectivity index (χ3v) is 7.31. The number of methoxy groups -OCH3 is 1. The number of thiophene rings is 1. The second-order valence-electron chi connectivity index (χ2n) is 8.06. The molecule has 1 saturated carbocycles. The summed E-state index contributed by atoms with van der Waals surface area (Å²) in [6, 6.07) is 3.29. The summed E-state index contributed by atoms with van der Waals surface area (Å²) < 4.78 is 33.8. The van der Waals surface area contributed by atoms with E-state index in [9.17, 15) is 28.6 Å². The number of carboxylic acids is 1. The summed E-state index contributed by atoms with van der Waals surface area (Å²) in [7, 11) is 1.45. The molecule has 0 amide bonds. The summed E-state index contributed by atoms with van der Waals surface area (Å²) in [5.41, 5.74) is 1.15. The van der Waals surface area contributed by atoms with E-state index in [0.717, 1.165) is 24.6 Å². The first kappa shape index (κ1) is 20.1. The molecule has 1 aromatic carbocycles. The monoisotopic (exact) mass is 447 g/mol. The number of halogens is 2. The molecule has 0 bridgehead atoms. The number of benzene rings is 1. The van der Waals surface area contributed by atoms with E-state index in [1.165, 1.54) is 18.4 Å². The lowest BCUT2D eigenvalue weighted by Gasteiger charge is -2.27. The molecule has 1 atom stereocenters. The van der Waals surface area contributed by atoms with Crippen molar-refractivity contribution in [3.63, 3.8) is 0 Å². The van der Waals surface area contributed by atoms with E-state index in [1.807, 2.05) is 0 Å². The number of alkyl halides is 2. The first-order valence-electron chi connectivity index (χ1n) is 9.91. The molecule has 162 valence electrons. The number of aromatic nitrogens is 1. The average molecular weight is 447 g/mol. The lowest BCUT2D eigenvalue weighted by molar-refractivity contribution is -0.121. The Hall–Kier alpha value is -2.78. The van der Waals surface area contributed by atoms with E-state index in [1.54, 1.807) is 12.1 Å². The van der Waals surface area contributed by atoms with E-state index in [4.69, 9.17) is 4.74 Å². The predicted molar refractivity (Wildman–Crippen MR) is 112 cm³/mol. The first-order chi connectivity index (χ1) is 14.7. The number of hydrogen-bond acceptors (Lipinski definition) is 5.